The van der Waals surface area contributed by atoms with E-state index in [0.717, 1.165) is 39.2 Å². The molecule has 5 aromatic rings. The highest BCUT2D eigenvalue weighted by molar-refractivity contribution is 8.00. The monoisotopic (exact) mass is 593 g/mol. The van der Waals surface area contributed by atoms with E-state index in [1.807, 2.05) is 97.9 Å². The first-order valence-corrected chi connectivity index (χ1v) is 15.0. The van der Waals surface area contributed by atoms with Gasteiger partial charge in [-0.3, -0.25) is 19.5 Å². The van der Waals surface area contributed by atoms with Crippen molar-refractivity contribution in [3.63, 3.8) is 0 Å². The molecule has 0 bridgehead atoms. The van der Waals surface area contributed by atoms with Crippen LogP contribution in [0.3, 0.4) is 0 Å². The summed E-state index contributed by atoms with van der Waals surface area (Å²) >= 11 is 8.26. The van der Waals surface area contributed by atoms with Gasteiger partial charge in [-0.15, -0.1) is 11.8 Å². The molecule has 0 saturated heterocycles. The number of nitrogens with one attached hydrogen (secondary N) is 1. The molecule has 1 aliphatic rings. The number of hydrogen-bond acceptors (Lipinski definition) is 5. The first kappa shape index (κ1) is 27.8. The van der Waals surface area contributed by atoms with Crippen LogP contribution in [0.15, 0.2) is 103 Å². The quantitative estimate of drug-likeness (QED) is 0.237. The van der Waals surface area contributed by atoms with Crippen molar-refractivity contribution >= 4 is 41.0 Å². The van der Waals surface area contributed by atoms with Crippen LogP contribution < -0.4 is 10.2 Å². The molecule has 0 unspecified atom stereocenters. The Labute approximate surface area is 253 Å². The first-order valence-electron chi connectivity index (χ1n) is 13.6. The predicted octanol–water partition coefficient (Wildman–Crippen LogP) is 6.38. The van der Waals surface area contributed by atoms with E-state index in [0.29, 0.717) is 17.4 Å². The summed E-state index contributed by atoms with van der Waals surface area (Å²) < 4.78 is 1.79. The fourth-order valence-corrected chi connectivity index (χ4v) is 6.57. The molecule has 9 heteroatoms. The number of benzene rings is 3. The maximum Gasteiger partial charge on any atom is 0.240 e. The zero-order chi connectivity index (χ0) is 29.1. The summed E-state index contributed by atoms with van der Waals surface area (Å²) in [7, 11) is 0. The fourth-order valence-electron chi connectivity index (χ4n) is 5.03. The van der Waals surface area contributed by atoms with Crippen LogP contribution in [0.1, 0.15) is 27.5 Å². The third-order valence-corrected chi connectivity index (χ3v) is 8.72. The van der Waals surface area contributed by atoms with Gasteiger partial charge in [0.2, 0.25) is 11.8 Å². The number of aryl methyl sites for hydroxylation is 1. The van der Waals surface area contributed by atoms with Gasteiger partial charge in [0.05, 0.1) is 22.4 Å². The zero-order valence-corrected chi connectivity index (χ0v) is 24.5. The number of carbonyl (C=O) groups excluding carboxylic acids is 2. The minimum atomic E-state index is -0.295. The largest absolute Gasteiger partial charge is 0.350 e. The van der Waals surface area contributed by atoms with Crippen LogP contribution in [0.4, 0.5) is 5.82 Å². The highest BCUT2D eigenvalue weighted by Gasteiger charge is 2.38. The Balaban J connectivity index is 1.52. The second-order valence-electron chi connectivity index (χ2n) is 10.0. The standard InChI is InChI=1S/C33H28ClN5O2S/c1-22-11-13-25(14-12-22)39-33-30(31(37-39)24-7-3-2-4-8-24)32(26-9-5-6-10-27(26)34)42-21-29(41)38(33)20-28(40)36-19-23-15-17-35-18-16-23/h2-18,32H,19-21H2,1H3,(H,36,40)/t32-/m1/s1. The summed E-state index contributed by atoms with van der Waals surface area (Å²) in [5, 5.41) is 8.40. The van der Waals surface area contributed by atoms with Gasteiger partial charge in [-0.2, -0.15) is 5.10 Å². The summed E-state index contributed by atoms with van der Waals surface area (Å²) in [6.45, 7) is 2.20. The molecule has 6 rings (SSSR count). The van der Waals surface area contributed by atoms with Gasteiger partial charge in [0.15, 0.2) is 0 Å². The van der Waals surface area contributed by atoms with Crippen molar-refractivity contribution in [2.45, 2.75) is 18.7 Å². The predicted molar refractivity (Wildman–Crippen MR) is 168 cm³/mol. The lowest BCUT2D eigenvalue weighted by Gasteiger charge is -2.23. The molecule has 0 aliphatic carbocycles. The number of fused-ring (bicyclic) bond motifs is 1. The van der Waals surface area contributed by atoms with E-state index in [9.17, 15) is 9.59 Å². The summed E-state index contributed by atoms with van der Waals surface area (Å²) in [4.78, 5) is 32.8. The molecular formula is C33H28ClN5O2S. The van der Waals surface area contributed by atoms with Crippen molar-refractivity contribution in [2.75, 3.05) is 17.2 Å². The lowest BCUT2D eigenvalue weighted by Crippen LogP contribution is -2.42. The third kappa shape index (κ3) is 5.68. The van der Waals surface area contributed by atoms with Gasteiger partial charge < -0.3 is 5.32 Å². The summed E-state index contributed by atoms with van der Waals surface area (Å²) in [5.74, 6) is 0.286. The van der Waals surface area contributed by atoms with Crippen molar-refractivity contribution in [1.82, 2.24) is 20.1 Å². The Morgan fingerprint density at radius 1 is 0.976 bits per heavy atom. The van der Waals surface area contributed by atoms with Crippen molar-refractivity contribution in [3.05, 3.63) is 131 Å². The number of carbonyl (C=O) groups is 2. The Kier molecular flexibility index (Phi) is 8.08. The van der Waals surface area contributed by atoms with Gasteiger partial charge in [-0.05, 0) is 48.4 Å². The normalized spacial score (nSPS) is 14.8. The number of amides is 2. The Morgan fingerprint density at radius 3 is 2.43 bits per heavy atom. The molecule has 42 heavy (non-hydrogen) atoms. The molecule has 1 atom stereocenters. The maximum absolute atomic E-state index is 13.9. The van der Waals surface area contributed by atoms with Gasteiger partial charge in [-0.25, -0.2) is 4.68 Å². The number of rotatable bonds is 7. The Hall–Kier alpha value is -4.40. The minimum absolute atomic E-state index is 0.154. The van der Waals surface area contributed by atoms with Gasteiger partial charge in [0.1, 0.15) is 12.4 Å². The SMILES string of the molecule is Cc1ccc(-n2nc(-c3ccccc3)c3c2N(CC(=O)NCc2ccncc2)C(=O)CS[C@@H]3c2ccccc2Cl)cc1. The molecule has 2 aromatic heterocycles. The number of anilines is 1. The van der Waals surface area contributed by atoms with E-state index in [1.54, 1.807) is 22.0 Å². The zero-order valence-electron chi connectivity index (χ0n) is 22.9. The van der Waals surface area contributed by atoms with E-state index in [4.69, 9.17) is 16.7 Å². The smallest absolute Gasteiger partial charge is 0.240 e. The molecule has 0 radical (unpaired) electrons. The molecular weight excluding hydrogens is 566 g/mol. The third-order valence-electron chi connectivity index (χ3n) is 7.14. The minimum Gasteiger partial charge on any atom is -0.350 e. The molecule has 1 aliphatic heterocycles. The molecule has 0 fully saturated rings. The second-order valence-corrected chi connectivity index (χ2v) is 11.5. The number of hydrogen-bond donors (Lipinski definition) is 1. The molecule has 3 aromatic carbocycles. The van der Waals surface area contributed by atoms with Crippen molar-refractivity contribution in [2.24, 2.45) is 0 Å². The Morgan fingerprint density at radius 2 is 1.69 bits per heavy atom. The van der Waals surface area contributed by atoms with E-state index in [-0.39, 0.29) is 29.4 Å². The molecule has 2 amide bonds. The van der Waals surface area contributed by atoms with Crippen LogP contribution in [0.5, 0.6) is 0 Å². The van der Waals surface area contributed by atoms with E-state index < -0.39 is 0 Å². The van der Waals surface area contributed by atoms with E-state index in [1.165, 1.54) is 11.8 Å². The highest BCUT2D eigenvalue weighted by Crippen LogP contribution is 2.49. The molecule has 0 saturated carbocycles. The average molecular weight is 594 g/mol. The number of halogens is 1. The molecule has 210 valence electrons. The molecule has 1 N–H and O–H groups in total. The van der Waals surface area contributed by atoms with Crippen LogP contribution in [-0.2, 0) is 16.1 Å². The van der Waals surface area contributed by atoms with Crippen LogP contribution in [0, 0.1) is 6.92 Å². The van der Waals surface area contributed by atoms with Gasteiger partial charge in [-0.1, -0.05) is 77.8 Å². The maximum atomic E-state index is 13.9. The van der Waals surface area contributed by atoms with Crippen LogP contribution in [0.2, 0.25) is 5.02 Å². The summed E-state index contributed by atoms with van der Waals surface area (Å²) in [6, 6.07) is 29.3. The number of aromatic nitrogens is 3. The van der Waals surface area contributed by atoms with E-state index >= 15 is 0 Å². The first-order chi connectivity index (χ1) is 20.5. The van der Waals surface area contributed by atoms with Crippen molar-refractivity contribution in [1.29, 1.82) is 0 Å². The lowest BCUT2D eigenvalue weighted by molar-refractivity contribution is -0.123. The lowest BCUT2D eigenvalue weighted by atomic mass is 9.99. The Bertz CT molecular complexity index is 1730. The average Bonchev–Trinajstić information content (AvgIpc) is 3.34. The number of thioether (sulfide) groups is 1. The summed E-state index contributed by atoms with van der Waals surface area (Å²) in [6.07, 6.45) is 3.37. The van der Waals surface area contributed by atoms with Crippen molar-refractivity contribution < 1.29 is 9.59 Å². The highest BCUT2D eigenvalue weighted by atomic mass is 35.5. The number of pyridine rings is 1. The fraction of sp³-hybridized carbons (Fsp3) is 0.152. The molecule has 7 nitrogen and oxygen atoms in total. The van der Waals surface area contributed by atoms with Crippen molar-refractivity contribution in [3.8, 4) is 16.9 Å². The summed E-state index contributed by atoms with van der Waals surface area (Å²) in [5.41, 5.74) is 6.20. The topological polar surface area (TPSA) is 80.1 Å². The molecule has 0 spiro atoms. The van der Waals surface area contributed by atoms with Gasteiger partial charge in [0, 0.05) is 35.1 Å². The van der Waals surface area contributed by atoms with E-state index in [2.05, 4.69) is 10.3 Å². The van der Waals surface area contributed by atoms with Gasteiger partial charge in [0.25, 0.3) is 0 Å². The van der Waals surface area contributed by atoms with Gasteiger partial charge >= 0.3 is 0 Å². The van der Waals surface area contributed by atoms with Crippen LogP contribution in [0.25, 0.3) is 16.9 Å². The number of nitrogens with zero attached hydrogens (tertiary/aromatic N) is 4. The van der Waals surface area contributed by atoms with Crippen LogP contribution >= 0.6 is 23.4 Å². The molecule has 3 heterocycles. The second kappa shape index (κ2) is 12.2. The van der Waals surface area contributed by atoms with Crippen LogP contribution in [-0.4, -0.2) is 38.9 Å².